The molecule has 0 saturated heterocycles. The van der Waals surface area contributed by atoms with Crippen LogP contribution in [-0.4, -0.2) is 38.8 Å². The molecule has 2 aromatic carbocycles. The highest BCUT2D eigenvalue weighted by molar-refractivity contribution is 5.95. The lowest BCUT2D eigenvalue weighted by Gasteiger charge is -2.25. The Morgan fingerprint density at radius 2 is 2.00 bits per heavy atom. The van der Waals surface area contributed by atoms with Gasteiger partial charge in [0.2, 0.25) is 6.10 Å². The highest BCUT2D eigenvalue weighted by Gasteiger charge is 2.27. The van der Waals surface area contributed by atoms with Crippen LogP contribution < -0.4 is 14.8 Å². The average Bonchev–Trinajstić information content (AvgIpc) is 3.08. The third-order valence-corrected chi connectivity index (χ3v) is 4.13. The average molecular weight is 351 g/mol. The number of tetrazole rings is 1. The summed E-state index contributed by atoms with van der Waals surface area (Å²) in [6.07, 6.45) is -0.718. The number of nitrogens with zero attached hydrogens (tertiary/aromatic N) is 4. The van der Waals surface area contributed by atoms with Crippen molar-refractivity contribution in [3.8, 4) is 17.2 Å². The van der Waals surface area contributed by atoms with Crippen molar-refractivity contribution in [2.24, 2.45) is 0 Å². The zero-order valence-electron chi connectivity index (χ0n) is 14.3. The van der Waals surface area contributed by atoms with Crippen LogP contribution in [0.15, 0.2) is 42.5 Å². The highest BCUT2D eigenvalue weighted by atomic mass is 16.6. The van der Waals surface area contributed by atoms with E-state index in [9.17, 15) is 4.79 Å². The number of ether oxygens (including phenoxy) is 2. The smallest absolute Gasteiger partial charge is 0.269 e. The number of hydrogen-bond acceptors (Lipinski definition) is 6. The van der Waals surface area contributed by atoms with Crippen molar-refractivity contribution in [1.82, 2.24) is 20.2 Å². The fraction of sp³-hybridized carbons (Fsp3) is 0.222. The standard InChI is InChI=1S/C18H17N5O3/c1-11-7-8-13(9-14(11)23-12(2)20-21-22-23)19-18(24)17-10-25-15-5-3-4-6-16(15)26-17/h3-9,17H,10H2,1-2H3,(H,19,24). The number of amides is 1. The van der Waals surface area contributed by atoms with Gasteiger partial charge < -0.3 is 14.8 Å². The minimum absolute atomic E-state index is 0.160. The molecular formula is C18H17N5O3. The van der Waals surface area contributed by atoms with Crippen molar-refractivity contribution >= 4 is 11.6 Å². The number of nitrogens with one attached hydrogen (secondary N) is 1. The molecule has 0 aliphatic carbocycles. The van der Waals surface area contributed by atoms with Crippen LogP contribution in [0.25, 0.3) is 5.69 Å². The molecule has 3 aromatic rings. The topological polar surface area (TPSA) is 91.2 Å². The summed E-state index contributed by atoms with van der Waals surface area (Å²) in [4.78, 5) is 12.6. The van der Waals surface area contributed by atoms with E-state index in [1.165, 1.54) is 0 Å². The Morgan fingerprint density at radius 1 is 1.19 bits per heavy atom. The maximum atomic E-state index is 12.6. The largest absolute Gasteiger partial charge is 0.485 e. The van der Waals surface area contributed by atoms with Crippen LogP contribution in [0.5, 0.6) is 11.5 Å². The lowest BCUT2D eigenvalue weighted by atomic mass is 10.1. The van der Waals surface area contributed by atoms with Crippen molar-refractivity contribution < 1.29 is 14.3 Å². The second-order valence-electron chi connectivity index (χ2n) is 5.99. The number of benzene rings is 2. The minimum Gasteiger partial charge on any atom is -0.485 e. The van der Waals surface area contributed by atoms with Crippen LogP contribution in [0.4, 0.5) is 5.69 Å². The number of hydrogen-bond donors (Lipinski definition) is 1. The fourth-order valence-electron chi connectivity index (χ4n) is 2.74. The summed E-state index contributed by atoms with van der Waals surface area (Å²) >= 11 is 0. The molecular weight excluding hydrogens is 334 g/mol. The number of fused-ring (bicyclic) bond motifs is 1. The number of para-hydroxylation sites is 2. The second kappa shape index (κ2) is 6.47. The zero-order valence-corrected chi connectivity index (χ0v) is 14.3. The number of rotatable bonds is 3. The zero-order chi connectivity index (χ0) is 18.1. The molecule has 1 aliphatic heterocycles. The minimum atomic E-state index is -0.718. The molecule has 132 valence electrons. The van der Waals surface area contributed by atoms with E-state index in [1.807, 2.05) is 50.2 Å². The van der Waals surface area contributed by atoms with Gasteiger partial charge in [0, 0.05) is 5.69 Å². The molecule has 1 atom stereocenters. The Hall–Kier alpha value is -3.42. The van der Waals surface area contributed by atoms with Gasteiger partial charge in [-0.15, -0.1) is 5.10 Å². The molecule has 26 heavy (non-hydrogen) atoms. The first-order valence-electron chi connectivity index (χ1n) is 8.17. The highest BCUT2D eigenvalue weighted by Crippen LogP contribution is 2.31. The molecule has 0 spiro atoms. The van der Waals surface area contributed by atoms with E-state index in [0.717, 1.165) is 11.3 Å². The normalized spacial score (nSPS) is 15.5. The van der Waals surface area contributed by atoms with Gasteiger partial charge in [-0.3, -0.25) is 4.79 Å². The molecule has 0 bridgehead atoms. The number of carbonyl (C=O) groups excluding carboxylic acids is 1. The van der Waals surface area contributed by atoms with Gasteiger partial charge in [0.1, 0.15) is 6.61 Å². The van der Waals surface area contributed by atoms with Gasteiger partial charge in [0.25, 0.3) is 5.91 Å². The van der Waals surface area contributed by atoms with E-state index in [2.05, 4.69) is 20.8 Å². The first kappa shape index (κ1) is 16.1. The number of aromatic nitrogens is 4. The van der Waals surface area contributed by atoms with E-state index in [0.29, 0.717) is 23.0 Å². The maximum Gasteiger partial charge on any atom is 0.269 e. The number of anilines is 1. The molecule has 0 radical (unpaired) electrons. The lowest BCUT2D eigenvalue weighted by Crippen LogP contribution is -2.40. The van der Waals surface area contributed by atoms with E-state index >= 15 is 0 Å². The van der Waals surface area contributed by atoms with Gasteiger partial charge in [0.05, 0.1) is 5.69 Å². The lowest BCUT2D eigenvalue weighted by molar-refractivity contribution is -0.125. The quantitative estimate of drug-likeness (QED) is 0.777. The molecule has 1 amide bonds. The Kier molecular flexibility index (Phi) is 4.00. The van der Waals surface area contributed by atoms with E-state index in [4.69, 9.17) is 9.47 Å². The summed E-state index contributed by atoms with van der Waals surface area (Å²) < 4.78 is 13.0. The Labute approximate surface area is 149 Å². The van der Waals surface area contributed by atoms with Crippen molar-refractivity contribution in [3.63, 3.8) is 0 Å². The predicted molar refractivity (Wildman–Crippen MR) is 93.6 cm³/mol. The molecule has 2 heterocycles. The summed E-state index contributed by atoms with van der Waals surface area (Å²) in [5.74, 6) is 1.59. The summed E-state index contributed by atoms with van der Waals surface area (Å²) in [6.45, 7) is 3.93. The molecule has 1 N–H and O–H groups in total. The maximum absolute atomic E-state index is 12.6. The van der Waals surface area contributed by atoms with Gasteiger partial charge in [-0.2, -0.15) is 4.68 Å². The van der Waals surface area contributed by atoms with Crippen LogP contribution >= 0.6 is 0 Å². The molecule has 8 heteroatoms. The number of carbonyl (C=O) groups is 1. The van der Waals surface area contributed by atoms with Gasteiger partial charge in [-0.1, -0.05) is 18.2 Å². The van der Waals surface area contributed by atoms with Crippen LogP contribution in [0.2, 0.25) is 0 Å². The van der Waals surface area contributed by atoms with Gasteiger partial charge in [-0.05, 0) is 54.1 Å². The molecule has 1 unspecified atom stereocenters. The van der Waals surface area contributed by atoms with E-state index in [1.54, 1.807) is 10.7 Å². The van der Waals surface area contributed by atoms with Crippen molar-refractivity contribution in [1.29, 1.82) is 0 Å². The van der Waals surface area contributed by atoms with Gasteiger partial charge in [-0.25, -0.2) is 0 Å². The first-order valence-corrected chi connectivity index (χ1v) is 8.17. The first-order chi connectivity index (χ1) is 12.6. The second-order valence-corrected chi connectivity index (χ2v) is 5.99. The molecule has 1 aromatic heterocycles. The molecule has 1 aliphatic rings. The van der Waals surface area contributed by atoms with Crippen LogP contribution in [0.1, 0.15) is 11.4 Å². The molecule has 4 rings (SSSR count). The molecule has 0 fully saturated rings. The Balaban J connectivity index is 1.53. The van der Waals surface area contributed by atoms with Gasteiger partial charge in [0.15, 0.2) is 17.3 Å². The fourth-order valence-corrected chi connectivity index (χ4v) is 2.74. The van der Waals surface area contributed by atoms with Crippen LogP contribution in [-0.2, 0) is 4.79 Å². The van der Waals surface area contributed by atoms with Crippen molar-refractivity contribution in [3.05, 3.63) is 53.9 Å². The summed E-state index contributed by atoms with van der Waals surface area (Å²) in [7, 11) is 0. The Bertz CT molecular complexity index is 969. The monoisotopic (exact) mass is 351 g/mol. The van der Waals surface area contributed by atoms with Crippen molar-refractivity contribution in [2.75, 3.05) is 11.9 Å². The van der Waals surface area contributed by atoms with Crippen molar-refractivity contribution in [2.45, 2.75) is 20.0 Å². The SMILES string of the molecule is Cc1ccc(NC(=O)C2COc3ccccc3O2)cc1-n1nnnc1C. The Morgan fingerprint density at radius 3 is 2.77 bits per heavy atom. The number of aryl methyl sites for hydroxylation is 2. The van der Waals surface area contributed by atoms with E-state index in [-0.39, 0.29) is 12.5 Å². The summed E-state index contributed by atoms with van der Waals surface area (Å²) in [5.41, 5.74) is 2.42. The molecule has 0 saturated carbocycles. The van der Waals surface area contributed by atoms with Crippen LogP contribution in [0.3, 0.4) is 0 Å². The molecule has 8 nitrogen and oxygen atoms in total. The third-order valence-electron chi connectivity index (χ3n) is 4.13. The predicted octanol–water partition coefficient (Wildman–Crippen LogP) is 2.06. The summed E-state index contributed by atoms with van der Waals surface area (Å²) in [5, 5.41) is 14.4. The third kappa shape index (κ3) is 2.97. The summed E-state index contributed by atoms with van der Waals surface area (Å²) in [6, 6.07) is 12.8. The van der Waals surface area contributed by atoms with E-state index < -0.39 is 6.10 Å². The van der Waals surface area contributed by atoms with Gasteiger partial charge >= 0.3 is 0 Å². The van der Waals surface area contributed by atoms with Crippen LogP contribution in [0, 0.1) is 13.8 Å².